The van der Waals surface area contributed by atoms with Crippen LogP contribution in [0.2, 0.25) is 0 Å². The molecule has 102 valence electrons. The maximum absolute atomic E-state index is 5.61. The number of unbranched alkanes of at least 4 members (excludes halogenated alkanes) is 3. The summed E-state index contributed by atoms with van der Waals surface area (Å²) >= 11 is 0. The predicted molar refractivity (Wildman–Crippen MR) is 75.4 cm³/mol. The van der Waals surface area contributed by atoms with Crippen molar-refractivity contribution in [3.63, 3.8) is 0 Å². The number of hydrogen-bond acceptors (Lipinski definition) is 3. The lowest BCUT2D eigenvalue weighted by atomic mass is 10.2. The number of ether oxygens (including phenoxy) is 1. The Hall–Kier alpha value is -0.930. The molecule has 0 bridgehead atoms. The van der Waals surface area contributed by atoms with Crippen molar-refractivity contribution in [1.82, 2.24) is 10.3 Å². The fourth-order valence-corrected chi connectivity index (χ4v) is 1.72. The Morgan fingerprint density at radius 3 is 2.72 bits per heavy atom. The Kier molecular flexibility index (Phi) is 8.43. The highest BCUT2D eigenvalue weighted by Crippen LogP contribution is 2.03. The molecule has 1 rings (SSSR count). The quantitative estimate of drug-likeness (QED) is 0.647. The van der Waals surface area contributed by atoms with Crippen LogP contribution >= 0.6 is 0 Å². The van der Waals surface area contributed by atoms with E-state index in [4.69, 9.17) is 4.74 Å². The van der Waals surface area contributed by atoms with Gasteiger partial charge in [0.25, 0.3) is 0 Å². The lowest BCUT2D eigenvalue weighted by Crippen LogP contribution is -2.12. The topological polar surface area (TPSA) is 34.1 Å². The third-order valence-electron chi connectivity index (χ3n) is 2.86. The first-order valence-electron chi connectivity index (χ1n) is 7.09. The summed E-state index contributed by atoms with van der Waals surface area (Å²) in [7, 11) is 0. The van der Waals surface area contributed by atoms with Gasteiger partial charge in [-0.2, -0.15) is 0 Å². The maximum Gasteiger partial charge on any atom is 0.0887 e. The highest BCUT2D eigenvalue weighted by Gasteiger charge is 1.96. The van der Waals surface area contributed by atoms with Gasteiger partial charge in [-0.25, -0.2) is 0 Å². The third kappa shape index (κ3) is 6.72. The maximum atomic E-state index is 5.61. The zero-order chi connectivity index (χ0) is 13.1. The summed E-state index contributed by atoms with van der Waals surface area (Å²) in [5, 5.41) is 3.28. The lowest BCUT2D eigenvalue weighted by molar-refractivity contribution is 0.114. The van der Waals surface area contributed by atoms with Crippen LogP contribution in [0.1, 0.15) is 50.8 Å². The summed E-state index contributed by atoms with van der Waals surface area (Å²) in [6, 6.07) is 4.17. The molecule has 0 radical (unpaired) electrons. The van der Waals surface area contributed by atoms with Crippen molar-refractivity contribution in [2.45, 2.75) is 52.7 Å². The minimum absolute atomic E-state index is 0.633. The lowest BCUT2D eigenvalue weighted by Gasteiger charge is -2.05. The molecule has 0 spiro atoms. The first-order chi connectivity index (χ1) is 8.86. The van der Waals surface area contributed by atoms with E-state index in [9.17, 15) is 0 Å². The van der Waals surface area contributed by atoms with E-state index in [1.807, 2.05) is 6.20 Å². The number of nitrogens with one attached hydrogen (secondary N) is 1. The van der Waals surface area contributed by atoms with Crippen LogP contribution in [0.25, 0.3) is 0 Å². The number of pyridine rings is 1. The third-order valence-corrected chi connectivity index (χ3v) is 2.86. The molecular weight excluding hydrogens is 224 g/mol. The first-order valence-corrected chi connectivity index (χ1v) is 7.09. The Balaban J connectivity index is 2.14. The molecule has 0 amide bonds. The largest absolute Gasteiger partial charge is 0.375 e. The van der Waals surface area contributed by atoms with Crippen molar-refractivity contribution >= 4 is 0 Å². The van der Waals surface area contributed by atoms with E-state index in [1.165, 1.54) is 24.8 Å². The van der Waals surface area contributed by atoms with Crippen molar-refractivity contribution in [1.29, 1.82) is 0 Å². The van der Waals surface area contributed by atoms with E-state index in [0.717, 1.165) is 31.8 Å². The van der Waals surface area contributed by atoms with Gasteiger partial charge in [0.1, 0.15) is 0 Å². The van der Waals surface area contributed by atoms with Crippen LogP contribution in [0.15, 0.2) is 18.3 Å². The minimum atomic E-state index is 0.633. The molecule has 0 unspecified atom stereocenters. The molecule has 1 aromatic heterocycles. The van der Waals surface area contributed by atoms with E-state index in [2.05, 4.69) is 36.3 Å². The monoisotopic (exact) mass is 250 g/mol. The fraction of sp³-hybridized carbons (Fsp3) is 0.667. The molecule has 0 aromatic carbocycles. The molecule has 1 aromatic rings. The summed E-state index contributed by atoms with van der Waals surface area (Å²) in [6.07, 6.45) is 6.94. The summed E-state index contributed by atoms with van der Waals surface area (Å²) in [5.41, 5.74) is 2.24. The van der Waals surface area contributed by atoms with Crippen LogP contribution in [0.3, 0.4) is 0 Å². The summed E-state index contributed by atoms with van der Waals surface area (Å²) in [4.78, 5) is 4.40. The SMILES string of the molecule is CCCCCCOCc1ccc(CNCC)cn1. The van der Waals surface area contributed by atoms with Crippen LogP contribution in [0, 0.1) is 0 Å². The van der Waals surface area contributed by atoms with E-state index < -0.39 is 0 Å². The van der Waals surface area contributed by atoms with Gasteiger partial charge in [-0.1, -0.05) is 39.2 Å². The highest BCUT2D eigenvalue weighted by atomic mass is 16.5. The zero-order valence-corrected chi connectivity index (χ0v) is 11.7. The highest BCUT2D eigenvalue weighted by molar-refractivity contribution is 5.13. The number of aromatic nitrogens is 1. The van der Waals surface area contributed by atoms with Crippen molar-refractivity contribution < 1.29 is 4.74 Å². The molecule has 0 aliphatic heterocycles. The summed E-state index contributed by atoms with van der Waals surface area (Å²) < 4.78 is 5.61. The number of rotatable bonds is 10. The molecular formula is C15H26N2O. The van der Waals surface area contributed by atoms with Gasteiger partial charge in [-0.05, 0) is 24.6 Å². The van der Waals surface area contributed by atoms with Crippen molar-refractivity contribution in [3.8, 4) is 0 Å². The molecule has 0 aliphatic carbocycles. The van der Waals surface area contributed by atoms with E-state index >= 15 is 0 Å². The molecule has 1 heterocycles. The van der Waals surface area contributed by atoms with Gasteiger partial charge in [-0.3, -0.25) is 4.98 Å². The van der Waals surface area contributed by atoms with Crippen LogP contribution in [-0.4, -0.2) is 18.1 Å². The van der Waals surface area contributed by atoms with E-state index in [0.29, 0.717) is 6.61 Å². The van der Waals surface area contributed by atoms with Gasteiger partial charge >= 0.3 is 0 Å². The zero-order valence-electron chi connectivity index (χ0n) is 11.7. The van der Waals surface area contributed by atoms with Crippen molar-refractivity contribution in [2.24, 2.45) is 0 Å². The second-order valence-corrected chi connectivity index (χ2v) is 4.55. The van der Waals surface area contributed by atoms with Crippen LogP contribution < -0.4 is 5.32 Å². The summed E-state index contributed by atoms with van der Waals surface area (Å²) in [6.45, 7) is 7.69. The van der Waals surface area contributed by atoms with Crippen molar-refractivity contribution in [3.05, 3.63) is 29.6 Å². The number of hydrogen-bond donors (Lipinski definition) is 1. The first kappa shape index (κ1) is 15.1. The smallest absolute Gasteiger partial charge is 0.0887 e. The molecule has 18 heavy (non-hydrogen) atoms. The van der Waals surface area contributed by atoms with Gasteiger partial charge < -0.3 is 10.1 Å². The molecule has 3 heteroatoms. The van der Waals surface area contributed by atoms with Crippen LogP contribution in [-0.2, 0) is 17.9 Å². The normalized spacial score (nSPS) is 10.8. The predicted octanol–water partition coefficient (Wildman–Crippen LogP) is 3.29. The van der Waals surface area contributed by atoms with E-state index in [1.54, 1.807) is 0 Å². The number of nitrogens with zero attached hydrogens (tertiary/aromatic N) is 1. The van der Waals surface area contributed by atoms with Gasteiger partial charge in [0.2, 0.25) is 0 Å². The Bertz CT molecular complexity index is 298. The molecule has 3 nitrogen and oxygen atoms in total. The van der Waals surface area contributed by atoms with Gasteiger partial charge in [0.15, 0.2) is 0 Å². The molecule has 0 saturated carbocycles. The van der Waals surface area contributed by atoms with E-state index in [-0.39, 0.29) is 0 Å². The molecule has 0 atom stereocenters. The van der Waals surface area contributed by atoms with Gasteiger partial charge in [0, 0.05) is 19.3 Å². The standard InChI is InChI=1S/C15H26N2O/c1-3-5-6-7-10-18-13-15-9-8-14(12-17-15)11-16-4-2/h8-9,12,16H,3-7,10-11,13H2,1-2H3. The Labute approximate surface area is 111 Å². The van der Waals surface area contributed by atoms with Gasteiger partial charge in [0.05, 0.1) is 12.3 Å². The second-order valence-electron chi connectivity index (χ2n) is 4.55. The molecule has 0 aliphatic rings. The minimum Gasteiger partial charge on any atom is -0.375 e. The Morgan fingerprint density at radius 1 is 1.17 bits per heavy atom. The van der Waals surface area contributed by atoms with Crippen LogP contribution in [0.4, 0.5) is 0 Å². The Morgan fingerprint density at radius 2 is 2.06 bits per heavy atom. The summed E-state index contributed by atoms with van der Waals surface area (Å²) in [5.74, 6) is 0. The van der Waals surface area contributed by atoms with Gasteiger partial charge in [-0.15, -0.1) is 0 Å². The van der Waals surface area contributed by atoms with Crippen LogP contribution in [0.5, 0.6) is 0 Å². The molecule has 1 N–H and O–H groups in total. The second kappa shape index (κ2) is 10.0. The average molecular weight is 250 g/mol. The fourth-order valence-electron chi connectivity index (χ4n) is 1.72. The average Bonchev–Trinajstić information content (AvgIpc) is 2.42. The molecule has 0 saturated heterocycles. The van der Waals surface area contributed by atoms with Crippen molar-refractivity contribution in [2.75, 3.05) is 13.2 Å². The molecule has 0 fully saturated rings.